The van der Waals surface area contributed by atoms with Crippen LogP contribution in [0.25, 0.3) is 10.8 Å². The second kappa shape index (κ2) is 7.78. The molecule has 6 heteroatoms. The lowest BCUT2D eigenvalue weighted by atomic mass is 10.1. The van der Waals surface area contributed by atoms with Gasteiger partial charge < -0.3 is 5.32 Å². The molecule has 1 aliphatic rings. The SMILES string of the molecule is O=C(Cn1nc2n(c1=O)CCCCC2)NCCc1ccc2ccccc2c1. The Balaban J connectivity index is 1.34. The average molecular weight is 364 g/mol. The molecule has 2 heterocycles. The van der Waals surface area contributed by atoms with Crippen molar-refractivity contribution < 1.29 is 4.79 Å². The van der Waals surface area contributed by atoms with Crippen molar-refractivity contribution in [1.29, 1.82) is 0 Å². The summed E-state index contributed by atoms with van der Waals surface area (Å²) in [5.41, 5.74) is 1.01. The summed E-state index contributed by atoms with van der Waals surface area (Å²) in [5, 5.41) is 9.67. The molecule has 140 valence electrons. The Morgan fingerprint density at radius 2 is 1.93 bits per heavy atom. The number of hydrogen-bond acceptors (Lipinski definition) is 3. The number of carbonyl (C=O) groups is 1. The van der Waals surface area contributed by atoms with Gasteiger partial charge in [-0.2, -0.15) is 5.10 Å². The fourth-order valence-electron chi connectivity index (χ4n) is 3.66. The molecule has 27 heavy (non-hydrogen) atoms. The van der Waals surface area contributed by atoms with E-state index in [1.165, 1.54) is 21.0 Å². The van der Waals surface area contributed by atoms with Gasteiger partial charge in [-0.05, 0) is 35.6 Å². The molecule has 4 rings (SSSR count). The molecule has 0 spiro atoms. The molecular weight excluding hydrogens is 340 g/mol. The molecule has 6 nitrogen and oxygen atoms in total. The Morgan fingerprint density at radius 1 is 1.07 bits per heavy atom. The molecule has 3 aromatic rings. The van der Waals surface area contributed by atoms with Crippen LogP contribution in [0, 0.1) is 0 Å². The predicted octanol–water partition coefficient (Wildman–Crippen LogP) is 2.28. The van der Waals surface area contributed by atoms with Gasteiger partial charge in [0.15, 0.2) is 0 Å². The monoisotopic (exact) mass is 364 g/mol. The number of benzene rings is 2. The number of amides is 1. The minimum Gasteiger partial charge on any atom is -0.354 e. The summed E-state index contributed by atoms with van der Waals surface area (Å²) < 4.78 is 3.02. The summed E-state index contributed by atoms with van der Waals surface area (Å²) in [6.45, 7) is 1.23. The highest BCUT2D eigenvalue weighted by Gasteiger charge is 2.17. The van der Waals surface area contributed by atoms with Crippen LogP contribution in [-0.2, 0) is 30.7 Å². The third kappa shape index (κ3) is 3.94. The van der Waals surface area contributed by atoms with Gasteiger partial charge in [-0.25, -0.2) is 9.48 Å². The van der Waals surface area contributed by atoms with E-state index in [2.05, 4.69) is 40.7 Å². The lowest BCUT2D eigenvalue weighted by Gasteiger charge is -2.06. The van der Waals surface area contributed by atoms with Crippen LogP contribution in [0.5, 0.6) is 0 Å². The summed E-state index contributed by atoms with van der Waals surface area (Å²) in [4.78, 5) is 24.6. The molecule has 1 aliphatic heterocycles. The van der Waals surface area contributed by atoms with Crippen molar-refractivity contribution in [2.45, 2.75) is 45.2 Å². The Hall–Kier alpha value is -2.89. The minimum atomic E-state index is -0.175. The van der Waals surface area contributed by atoms with Crippen LogP contribution in [0.4, 0.5) is 0 Å². The second-order valence-electron chi connectivity index (χ2n) is 7.10. The van der Waals surface area contributed by atoms with Crippen LogP contribution in [0.1, 0.15) is 30.7 Å². The quantitative estimate of drug-likeness (QED) is 0.755. The molecule has 2 aromatic carbocycles. The van der Waals surface area contributed by atoms with E-state index in [-0.39, 0.29) is 18.1 Å². The van der Waals surface area contributed by atoms with Crippen LogP contribution in [0.15, 0.2) is 47.3 Å². The number of aryl methyl sites for hydroxylation is 1. The maximum Gasteiger partial charge on any atom is 0.346 e. The van der Waals surface area contributed by atoms with Gasteiger partial charge in [0.1, 0.15) is 12.4 Å². The molecular formula is C21H24N4O2. The molecule has 1 amide bonds. The van der Waals surface area contributed by atoms with E-state index >= 15 is 0 Å². The highest BCUT2D eigenvalue weighted by molar-refractivity contribution is 5.83. The van der Waals surface area contributed by atoms with Crippen LogP contribution >= 0.6 is 0 Å². The van der Waals surface area contributed by atoms with Gasteiger partial charge in [0.05, 0.1) is 0 Å². The van der Waals surface area contributed by atoms with E-state index in [4.69, 9.17) is 0 Å². The Bertz CT molecular complexity index is 1020. The van der Waals surface area contributed by atoms with E-state index in [0.29, 0.717) is 13.1 Å². The number of hydrogen-bond donors (Lipinski definition) is 1. The maximum absolute atomic E-state index is 12.4. The third-order valence-corrected chi connectivity index (χ3v) is 5.12. The molecule has 1 N–H and O–H groups in total. The van der Waals surface area contributed by atoms with Gasteiger partial charge in [0.25, 0.3) is 0 Å². The molecule has 0 radical (unpaired) electrons. The first-order chi connectivity index (χ1) is 13.2. The van der Waals surface area contributed by atoms with Crippen molar-refractivity contribution >= 4 is 16.7 Å². The lowest BCUT2D eigenvalue weighted by molar-refractivity contribution is -0.121. The summed E-state index contributed by atoms with van der Waals surface area (Å²) in [6, 6.07) is 14.6. The van der Waals surface area contributed by atoms with Gasteiger partial charge in [-0.15, -0.1) is 0 Å². The van der Waals surface area contributed by atoms with Crippen molar-refractivity contribution in [1.82, 2.24) is 19.7 Å². The molecule has 0 fully saturated rings. The molecule has 0 bridgehead atoms. The number of rotatable bonds is 5. The van der Waals surface area contributed by atoms with E-state index in [0.717, 1.165) is 37.9 Å². The number of nitrogens with one attached hydrogen (secondary N) is 1. The van der Waals surface area contributed by atoms with Crippen molar-refractivity contribution in [3.05, 3.63) is 64.3 Å². The summed E-state index contributed by atoms with van der Waals surface area (Å²) in [7, 11) is 0. The van der Waals surface area contributed by atoms with Gasteiger partial charge >= 0.3 is 5.69 Å². The standard InChI is InChI=1S/C21H24N4O2/c26-20(15-25-21(27)24-13-5-1-2-8-19(24)23-25)22-12-11-16-9-10-17-6-3-4-7-18(17)14-16/h3-4,6-7,9-10,14H,1-2,5,8,11-13,15H2,(H,22,26). The van der Waals surface area contributed by atoms with Crippen molar-refractivity contribution in [2.24, 2.45) is 0 Å². The fraction of sp³-hybridized carbons (Fsp3) is 0.381. The van der Waals surface area contributed by atoms with E-state index < -0.39 is 0 Å². The van der Waals surface area contributed by atoms with E-state index in [1.807, 2.05) is 12.1 Å². The van der Waals surface area contributed by atoms with E-state index in [1.54, 1.807) is 4.57 Å². The number of nitrogens with zero attached hydrogens (tertiary/aromatic N) is 3. The minimum absolute atomic E-state index is 0.0173. The predicted molar refractivity (Wildman–Crippen MR) is 105 cm³/mol. The van der Waals surface area contributed by atoms with E-state index in [9.17, 15) is 9.59 Å². The van der Waals surface area contributed by atoms with Crippen LogP contribution < -0.4 is 11.0 Å². The molecule has 0 unspecified atom stereocenters. The van der Waals surface area contributed by atoms with Gasteiger partial charge in [-0.3, -0.25) is 9.36 Å². The number of carbonyl (C=O) groups excluding carboxylic acids is 1. The largest absolute Gasteiger partial charge is 0.354 e. The second-order valence-corrected chi connectivity index (χ2v) is 7.10. The first-order valence-electron chi connectivity index (χ1n) is 9.61. The van der Waals surface area contributed by atoms with Crippen LogP contribution in [0.2, 0.25) is 0 Å². The first kappa shape index (κ1) is 17.5. The highest BCUT2D eigenvalue weighted by atomic mass is 16.2. The summed E-state index contributed by atoms with van der Waals surface area (Å²) in [6.07, 6.45) is 4.74. The van der Waals surface area contributed by atoms with Crippen molar-refractivity contribution in [3.63, 3.8) is 0 Å². The Labute approximate surface area is 157 Å². The molecule has 0 saturated carbocycles. The summed E-state index contributed by atoms with van der Waals surface area (Å²) >= 11 is 0. The maximum atomic E-state index is 12.4. The molecule has 0 aliphatic carbocycles. The lowest BCUT2D eigenvalue weighted by Crippen LogP contribution is -2.34. The fourth-order valence-corrected chi connectivity index (χ4v) is 3.66. The first-order valence-corrected chi connectivity index (χ1v) is 9.61. The van der Waals surface area contributed by atoms with Crippen LogP contribution in [-0.4, -0.2) is 26.8 Å². The van der Waals surface area contributed by atoms with Gasteiger partial charge in [-0.1, -0.05) is 48.9 Å². The number of aromatic nitrogens is 3. The smallest absolute Gasteiger partial charge is 0.346 e. The third-order valence-electron chi connectivity index (χ3n) is 5.12. The van der Waals surface area contributed by atoms with Crippen molar-refractivity contribution in [2.75, 3.05) is 6.54 Å². The normalized spacial score (nSPS) is 13.9. The number of fused-ring (bicyclic) bond motifs is 2. The summed E-state index contributed by atoms with van der Waals surface area (Å²) in [5.74, 6) is 0.632. The zero-order valence-corrected chi connectivity index (χ0v) is 15.4. The molecule has 0 saturated heterocycles. The zero-order valence-electron chi connectivity index (χ0n) is 15.4. The molecule has 0 atom stereocenters. The van der Waals surface area contributed by atoms with Crippen LogP contribution in [0.3, 0.4) is 0 Å². The average Bonchev–Trinajstić information content (AvgIpc) is 2.85. The molecule has 1 aromatic heterocycles. The Morgan fingerprint density at radius 3 is 2.81 bits per heavy atom. The zero-order chi connectivity index (χ0) is 18.6. The Kier molecular flexibility index (Phi) is 5.05. The van der Waals surface area contributed by atoms with Gasteiger partial charge in [0, 0.05) is 19.5 Å². The van der Waals surface area contributed by atoms with Crippen molar-refractivity contribution in [3.8, 4) is 0 Å². The topological polar surface area (TPSA) is 68.9 Å². The highest BCUT2D eigenvalue weighted by Crippen LogP contribution is 2.15. The van der Waals surface area contributed by atoms with Gasteiger partial charge in [0.2, 0.25) is 5.91 Å².